The van der Waals surface area contributed by atoms with Crippen LogP contribution >= 0.6 is 11.6 Å². The summed E-state index contributed by atoms with van der Waals surface area (Å²) in [7, 11) is 0. The van der Waals surface area contributed by atoms with Crippen molar-refractivity contribution in [3.63, 3.8) is 0 Å². The van der Waals surface area contributed by atoms with Crippen LogP contribution in [-0.4, -0.2) is 4.98 Å². The minimum absolute atomic E-state index is 0.399. The van der Waals surface area contributed by atoms with Crippen LogP contribution in [0.2, 0.25) is 0 Å². The minimum Gasteiger partial charge on any atom is -0.487 e. The molecule has 3 nitrogen and oxygen atoms in total. The average molecular weight is 238 g/mol. The average Bonchev–Trinajstić information content (AvgIpc) is 2.72. The Morgan fingerprint density at radius 3 is 2.88 bits per heavy atom. The van der Waals surface area contributed by atoms with Gasteiger partial charge in [-0.3, -0.25) is 0 Å². The van der Waals surface area contributed by atoms with Crippen molar-refractivity contribution in [3.05, 3.63) is 47.7 Å². The summed E-state index contributed by atoms with van der Waals surface area (Å²) >= 11 is 5.81. The first kappa shape index (κ1) is 11.0. The van der Waals surface area contributed by atoms with Crippen LogP contribution in [0.1, 0.15) is 17.0 Å². The molecule has 2 aromatic rings. The molecule has 0 aliphatic heterocycles. The monoisotopic (exact) mass is 237 g/mol. The molecular formula is C12H12ClNO2. The first-order valence-corrected chi connectivity index (χ1v) is 5.50. The molecule has 0 saturated heterocycles. The van der Waals surface area contributed by atoms with Crippen molar-refractivity contribution in [2.24, 2.45) is 0 Å². The summed E-state index contributed by atoms with van der Waals surface area (Å²) < 4.78 is 10.7. The molecule has 0 unspecified atom stereocenters. The van der Waals surface area contributed by atoms with Crippen molar-refractivity contribution >= 4 is 11.6 Å². The molecule has 0 amide bonds. The molecule has 0 fully saturated rings. The van der Waals surface area contributed by atoms with E-state index >= 15 is 0 Å². The van der Waals surface area contributed by atoms with Crippen LogP contribution in [0.4, 0.5) is 0 Å². The smallest absolute Gasteiger partial charge is 0.181 e. The lowest BCUT2D eigenvalue weighted by Gasteiger charge is -2.08. The number of aromatic nitrogens is 1. The van der Waals surface area contributed by atoms with Crippen LogP contribution in [0.25, 0.3) is 0 Å². The van der Waals surface area contributed by atoms with Gasteiger partial charge in [-0.15, -0.1) is 11.6 Å². The first-order chi connectivity index (χ1) is 7.81. The third-order valence-corrected chi connectivity index (χ3v) is 2.61. The molecule has 0 saturated carbocycles. The van der Waals surface area contributed by atoms with Crippen LogP contribution < -0.4 is 4.74 Å². The highest BCUT2D eigenvalue weighted by molar-refractivity contribution is 6.17. The molecule has 0 aliphatic rings. The summed E-state index contributed by atoms with van der Waals surface area (Å²) in [6.07, 6.45) is 1.42. The Morgan fingerprint density at radius 2 is 2.19 bits per heavy atom. The Kier molecular flexibility index (Phi) is 3.47. The molecule has 16 heavy (non-hydrogen) atoms. The minimum atomic E-state index is 0.399. The van der Waals surface area contributed by atoms with Crippen LogP contribution in [0.3, 0.4) is 0 Å². The fourth-order valence-corrected chi connectivity index (χ4v) is 1.59. The van der Waals surface area contributed by atoms with E-state index in [0.29, 0.717) is 12.5 Å². The lowest BCUT2D eigenvalue weighted by Crippen LogP contribution is -1.99. The number of hydrogen-bond donors (Lipinski definition) is 0. The van der Waals surface area contributed by atoms with Gasteiger partial charge in [-0.2, -0.15) is 0 Å². The molecule has 4 heteroatoms. The zero-order valence-electron chi connectivity index (χ0n) is 8.94. The number of oxazole rings is 1. The van der Waals surface area contributed by atoms with Crippen LogP contribution in [-0.2, 0) is 12.5 Å². The number of aryl methyl sites for hydroxylation is 1. The fraction of sp³-hybridized carbons (Fsp3) is 0.250. The highest BCUT2D eigenvalue weighted by Crippen LogP contribution is 2.21. The van der Waals surface area contributed by atoms with Gasteiger partial charge in [0.2, 0.25) is 0 Å². The standard InChI is InChI=1S/C12H12ClNO2/c1-9-11(14-8-16-9)7-15-12-5-3-2-4-10(12)6-13/h2-5,8H,6-7H2,1H3. The van der Waals surface area contributed by atoms with E-state index in [1.165, 1.54) is 6.39 Å². The molecule has 0 spiro atoms. The number of hydrogen-bond acceptors (Lipinski definition) is 3. The van der Waals surface area contributed by atoms with E-state index in [4.69, 9.17) is 20.8 Å². The highest BCUT2D eigenvalue weighted by Gasteiger charge is 2.06. The molecule has 1 aromatic carbocycles. The summed E-state index contributed by atoms with van der Waals surface area (Å²) in [6.45, 7) is 2.26. The number of para-hydroxylation sites is 1. The van der Waals surface area contributed by atoms with Gasteiger partial charge in [0, 0.05) is 5.56 Å². The van der Waals surface area contributed by atoms with Crippen molar-refractivity contribution in [1.29, 1.82) is 0 Å². The first-order valence-electron chi connectivity index (χ1n) is 4.97. The van der Waals surface area contributed by atoms with Crippen LogP contribution in [0.5, 0.6) is 5.75 Å². The molecular weight excluding hydrogens is 226 g/mol. The molecule has 2 rings (SSSR count). The Hall–Kier alpha value is -1.48. The third kappa shape index (κ3) is 2.36. The topological polar surface area (TPSA) is 35.3 Å². The molecule has 1 heterocycles. The van der Waals surface area contributed by atoms with Gasteiger partial charge in [-0.25, -0.2) is 4.98 Å². The van der Waals surface area contributed by atoms with Gasteiger partial charge >= 0.3 is 0 Å². The summed E-state index contributed by atoms with van der Waals surface area (Å²) in [6, 6.07) is 7.69. The van der Waals surface area contributed by atoms with Gasteiger partial charge in [0.1, 0.15) is 23.8 Å². The van der Waals surface area contributed by atoms with Crippen molar-refractivity contribution in [1.82, 2.24) is 4.98 Å². The lowest BCUT2D eigenvalue weighted by molar-refractivity contribution is 0.297. The fourth-order valence-electron chi connectivity index (χ4n) is 1.37. The number of nitrogens with zero attached hydrogens (tertiary/aromatic N) is 1. The normalized spacial score (nSPS) is 10.4. The predicted octanol–water partition coefficient (Wildman–Crippen LogP) is 3.30. The maximum Gasteiger partial charge on any atom is 0.181 e. The van der Waals surface area contributed by atoms with Crippen molar-refractivity contribution in [2.75, 3.05) is 0 Å². The second kappa shape index (κ2) is 5.03. The Labute approximate surface area is 99.0 Å². The van der Waals surface area contributed by atoms with E-state index in [1.54, 1.807) is 0 Å². The third-order valence-electron chi connectivity index (χ3n) is 2.33. The van der Waals surface area contributed by atoms with Gasteiger partial charge in [0.25, 0.3) is 0 Å². The molecule has 1 aromatic heterocycles. The maximum atomic E-state index is 5.81. The number of ether oxygens (including phenoxy) is 1. The number of rotatable bonds is 4. The van der Waals surface area contributed by atoms with Crippen LogP contribution in [0, 0.1) is 6.92 Å². The van der Waals surface area contributed by atoms with Crippen molar-refractivity contribution < 1.29 is 9.15 Å². The summed E-state index contributed by atoms with van der Waals surface area (Å²) in [5, 5.41) is 0. The van der Waals surface area contributed by atoms with E-state index < -0.39 is 0 Å². The Balaban J connectivity index is 2.07. The maximum absolute atomic E-state index is 5.81. The summed E-state index contributed by atoms with van der Waals surface area (Å²) in [4.78, 5) is 4.06. The molecule has 84 valence electrons. The van der Waals surface area contributed by atoms with Gasteiger partial charge < -0.3 is 9.15 Å². The number of alkyl halides is 1. The van der Waals surface area contributed by atoms with Gasteiger partial charge in [-0.1, -0.05) is 18.2 Å². The molecule has 0 radical (unpaired) electrons. The van der Waals surface area contributed by atoms with Gasteiger partial charge in [0.15, 0.2) is 6.39 Å². The van der Waals surface area contributed by atoms with E-state index in [0.717, 1.165) is 22.8 Å². The molecule has 0 N–H and O–H groups in total. The highest BCUT2D eigenvalue weighted by atomic mass is 35.5. The van der Waals surface area contributed by atoms with E-state index in [1.807, 2.05) is 31.2 Å². The van der Waals surface area contributed by atoms with E-state index in [2.05, 4.69) is 4.98 Å². The second-order valence-corrected chi connectivity index (χ2v) is 3.65. The van der Waals surface area contributed by atoms with Gasteiger partial charge in [0.05, 0.1) is 5.88 Å². The summed E-state index contributed by atoms with van der Waals surface area (Å²) in [5.41, 5.74) is 1.79. The quantitative estimate of drug-likeness (QED) is 0.766. The van der Waals surface area contributed by atoms with Crippen molar-refractivity contribution in [3.8, 4) is 5.75 Å². The van der Waals surface area contributed by atoms with E-state index in [-0.39, 0.29) is 0 Å². The van der Waals surface area contributed by atoms with Gasteiger partial charge in [-0.05, 0) is 13.0 Å². The zero-order valence-corrected chi connectivity index (χ0v) is 9.70. The summed E-state index contributed by atoms with van der Waals surface area (Å²) in [5.74, 6) is 2.01. The molecule has 0 bridgehead atoms. The zero-order chi connectivity index (χ0) is 11.4. The largest absolute Gasteiger partial charge is 0.487 e. The lowest BCUT2D eigenvalue weighted by atomic mass is 10.2. The molecule has 0 atom stereocenters. The Morgan fingerprint density at radius 1 is 1.38 bits per heavy atom. The second-order valence-electron chi connectivity index (χ2n) is 3.39. The number of halogens is 1. The Bertz CT molecular complexity index is 468. The SMILES string of the molecule is Cc1ocnc1COc1ccccc1CCl. The predicted molar refractivity (Wildman–Crippen MR) is 61.6 cm³/mol. The van der Waals surface area contributed by atoms with Crippen LogP contribution in [0.15, 0.2) is 35.1 Å². The van der Waals surface area contributed by atoms with E-state index in [9.17, 15) is 0 Å². The molecule has 0 aliphatic carbocycles. The number of benzene rings is 1. The van der Waals surface area contributed by atoms with Crippen molar-refractivity contribution in [2.45, 2.75) is 19.4 Å².